The molecule has 1 N–H and O–H groups in total. The number of aromatic nitrogens is 1. The molecule has 4 aromatic rings. The monoisotopic (exact) mass is 378 g/mol. The van der Waals surface area contributed by atoms with Gasteiger partial charge in [0.1, 0.15) is 5.01 Å². The molecule has 3 nitrogen and oxygen atoms in total. The second kappa shape index (κ2) is 7.40. The van der Waals surface area contributed by atoms with Gasteiger partial charge in [0.15, 0.2) is 0 Å². The van der Waals surface area contributed by atoms with E-state index in [1.165, 1.54) is 4.88 Å². The summed E-state index contributed by atoms with van der Waals surface area (Å²) >= 11 is 3.34. The van der Waals surface area contributed by atoms with Gasteiger partial charge in [-0.05, 0) is 34.7 Å². The summed E-state index contributed by atoms with van der Waals surface area (Å²) in [5.41, 5.74) is 2.05. The second-order valence-corrected chi connectivity index (χ2v) is 8.13. The number of amides is 1. The lowest BCUT2D eigenvalue weighted by Crippen LogP contribution is -2.24. The van der Waals surface area contributed by atoms with Gasteiger partial charge in [-0.15, -0.1) is 22.7 Å². The summed E-state index contributed by atoms with van der Waals surface area (Å²) in [4.78, 5) is 19.4. The van der Waals surface area contributed by atoms with E-state index in [1.807, 2.05) is 37.3 Å². The predicted octanol–water partition coefficient (Wildman–Crippen LogP) is 5.19. The highest BCUT2D eigenvalue weighted by Gasteiger charge is 2.12. The Hall–Kier alpha value is -2.50. The van der Waals surface area contributed by atoms with Crippen molar-refractivity contribution in [3.05, 3.63) is 76.1 Å². The van der Waals surface area contributed by atoms with Gasteiger partial charge in [0.05, 0.1) is 23.5 Å². The molecule has 2 aromatic carbocycles. The molecule has 0 aliphatic heterocycles. The molecule has 2 heterocycles. The lowest BCUT2D eigenvalue weighted by molar-refractivity contribution is -0.120. The minimum absolute atomic E-state index is 0.0341. The maximum atomic E-state index is 12.5. The number of fused-ring (bicyclic) bond motifs is 1. The largest absolute Gasteiger partial charge is 0.351 e. The van der Waals surface area contributed by atoms with E-state index in [9.17, 15) is 4.79 Å². The molecule has 4 rings (SSSR count). The van der Waals surface area contributed by atoms with Crippen LogP contribution in [-0.2, 0) is 17.8 Å². The van der Waals surface area contributed by atoms with Crippen molar-refractivity contribution < 1.29 is 4.79 Å². The number of thiazole rings is 1. The number of nitrogens with zero attached hydrogens (tertiary/aromatic N) is 1. The van der Waals surface area contributed by atoms with Crippen LogP contribution in [0, 0.1) is 6.92 Å². The number of benzene rings is 2. The van der Waals surface area contributed by atoms with Crippen LogP contribution < -0.4 is 5.32 Å². The van der Waals surface area contributed by atoms with Crippen LogP contribution in [0.5, 0.6) is 0 Å². The predicted molar refractivity (Wildman–Crippen MR) is 110 cm³/mol. The first-order valence-electron chi connectivity index (χ1n) is 8.44. The minimum Gasteiger partial charge on any atom is -0.351 e. The average Bonchev–Trinajstić information content (AvgIpc) is 3.30. The first kappa shape index (κ1) is 16.9. The summed E-state index contributed by atoms with van der Waals surface area (Å²) in [6, 6.07) is 18.4. The van der Waals surface area contributed by atoms with Gasteiger partial charge >= 0.3 is 0 Å². The fourth-order valence-electron chi connectivity index (χ4n) is 2.96. The van der Waals surface area contributed by atoms with Crippen molar-refractivity contribution in [2.45, 2.75) is 19.9 Å². The molecule has 0 aliphatic rings. The molecular formula is C21H18N2OS2. The topological polar surface area (TPSA) is 42.0 Å². The Kier molecular flexibility index (Phi) is 4.82. The van der Waals surface area contributed by atoms with Crippen molar-refractivity contribution in [2.24, 2.45) is 0 Å². The minimum atomic E-state index is 0.0341. The van der Waals surface area contributed by atoms with E-state index in [0.717, 1.165) is 31.9 Å². The summed E-state index contributed by atoms with van der Waals surface area (Å²) in [7, 11) is 0. The molecule has 0 radical (unpaired) electrons. The van der Waals surface area contributed by atoms with E-state index in [2.05, 4.69) is 39.9 Å². The third kappa shape index (κ3) is 3.54. The van der Waals surface area contributed by atoms with E-state index < -0.39 is 0 Å². The van der Waals surface area contributed by atoms with Crippen molar-refractivity contribution in [1.82, 2.24) is 10.3 Å². The molecule has 0 aliphatic carbocycles. The number of carbonyl (C=O) groups is 1. The summed E-state index contributed by atoms with van der Waals surface area (Å²) in [5, 5.41) is 8.43. The van der Waals surface area contributed by atoms with Crippen LogP contribution in [0.4, 0.5) is 0 Å². The van der Waals surface area contributed by atoms with E-state index in [4.69, 9.17) is 0 Å². The molecular weight excluding hydrogens is 360 g/mol. The van der Waals surface area contributed by atoms with Gasteiger partial charge in [0.2, 0.25) is 5.91 Å². The standard InChI is InChI=1S/C21H18N2OS2/c1-14-19(26-21(23-14)18-10-5-11-25-18)13-22-20(24)12-16-8-4-7-15-6-2-3-9-17(15)16/h2-11H,12-13H2,1H3,(H,22,24). The molecule has 0 saturated carbocycles. The fraction of sp³-hybridized carbons (Fsp3) is 0.143. The van der Waals surface area contributed by atoms with Gasteiger partial charge < -0.3 is 5.32 Å². The number of hydrogen-bond donors (Lipinski definition) is 1. The molecule has 1 amide bonds. The zero-order chi connectivity index (χ0) is 17.9. The smallest absolute Gasteiger partial charge is 0.224 e. The van der Waals surface area contributed by atoms with Crippen LogP contribution in [0.15, 0.2) is 60.0 Å². The Morgan fingerprint density at radius 3 is 2.77 bits per heavy atom. The highest BCUT2D eigenvalue weighted by Crippen LogP contribution is 2.31. The number of hydrogen-bond acceptors (Lipinski definition) is 4. The van der Waals surface area contributed by atoms with Crippen molar-refractivity contribution in [1.29, 1.82) is 0 Å². The van der Waals surface area contributed by atoms with Gasteiger partial charge in [0, 0.05) is 4.88 Å². The summed E-state index contributed by atoms with van der Waals surface area (Å²) < 4.78 is 0. The van der Waals surface area contributed by atoms with Gasteiger partial charge in [0.25, 0.3) is 0 Å². The second-order valence-electron chi connectivity index (χ2n) is 6.10. The lowest BCUT2D eigenvalue weighted by atomic mass is 10.0. The van der Waals surface area contributed by atoms with Crippen LogP contribution >= 0.6 is 22.7 Å². The number of rotatable bonds is 5. The fourth-order valence-corrected chi connectivity index (χ4v) is 4.76. The van der Waals surface area contributed by atoms with Crippen LogP contribution in [-0.4, -0.2) is 10.9 Å². The molecule has 0 saturated heterocycles. The summed E-state index contributed by atoms with van der Waals surface area (Å²) in [5.74, 6) is 0.0341. The van der Waals surface area contributed by atoms with Crippen LogP contribution in [0.2, 0.25) is 0 Å². The highest BCUT2D eigenvalue weighted by atomic mass is 32.1. The maximum Gasteiger partial charge on any atom is 0.224 e. The molecule has 26 heavy (non-hydrogen) atoms. The molecule has 0 bridgehead atoms. The Morgan fingerprint density at radius 1 is 1.08 bits per heavy atom. The first-order chi connectivity index (χ1) is 12.7. The van der Waals surface area contributed by atoms with Crippen LogP contribution in [0.25, 0.3) is 20.7 Å². The number of thiophene rings is 1. The molecule has 0 fully saturated rings. The SMILES string of the molecule is Cc1nc(-c2cccs2)sc1CNC(=O)Cc1cccc2ccccc12. The average molecular weight is 379 g/mol. The zero-order valence-electron chi connectivity index (χ0n) is 14.4. The van der Waals surface area contributed by atoms with E-state index >= 15 is 0 Å². The Bertz CT molecular complexity index is 1050. The molecule has 130 valence electrons. The Labute approximate surface area is 160 Å². The quantitative estimate of drug-likeness (QED) is 0.519. The maximum absolute atomic E-state index is 12.5. The Balaban J connectivity index is 1.44. The number of nitrogens with one attached hydrogen (secondary N) is 1. The first-order valence-corrected chi connectivity index (χ1v) is 10.1. The van der Waals surface area contributed by atoms with Gasteiger partial charge in [-0.3, -0.25) is 4.79 Å². The van der Waals surface area contributed by atoms with Crippen molar-refractivity contribution in [3.8, 4) is 9.88 Å². The summed E-state index contributed by atoms with van der Waals surface area (Å²) in [6.07, 6.45) is 0.386. The summed E-state index contributed by atoms with van der Waals surface area (Å²) in [6.45, 7) is 2.53. The van der Waals surface area contributed by atoms with Crippen LogP contribution in [0.3, 0.4) is 0 Å². The molecule has 5 heteroatoms. The third-order valence-electron chi connectivity index (χ3n) is 4.30. The molecule has 0 unspecified atom stereocenters. The lowest BCUT2D eigenvalue weighted by Gasteiger charge is -2.07. The van der Waals surface area contributed by atoms with Crippen LogP contribution in [0.1, 0.15) is 16.1 Å². The Morgan fingerprint density at radius 2 is 1.92 bits per heavy atom. The van der Waals surface area contributed by atoms with E-state index in [0.29, 0.717) is 13.0 Å². The van der Waals surface area contributed by atoms with Gasteiger partial charge in [-0.1, -0.05) is 48.5 Å². The van der Waals surface area contributed by atoms with E-state index in [-0.39, 0.29) is 5.91 Å². The van der Waals surface area contributed by atoms with Crippen molar-refractivity contribution in [3.63, 3.8) is 0 Å². The third-order valence-corrected chi connectivity index (χ3v) is 6.50. The molecule has 0 atom stereocenters. The van der Waals surface area contributed by atoms with E-state index in [1.54, 1.807) is 22.7 Å². The van der Waals surface area contributed by atoms with Gasteiger partial charge in [-0.2, -0.15) is 0 Å². The molecule has 0 spiro atoms. The normalized spacial score (nSPS) is 11.0. The number of aryl methyl sites for hydroxylation is 1. The molecule has 2 aromatic heterocycles. The van der Waals surface area contributed by atoms with Gasteiger partial charge in [-0.25, -0.2) is 4.98 Å². The van der Waals surface area contributed by atoms with Crippen molar-refractivity contribution in [2.75, 3.05) is 0 Å². The number of carbonyl (C=O) groups excluding carboxylic acids is 1. The van der Waals surface area contributed by atoms with Crippen molar-refractivity contribution >= 4 is 39.4 Å². The zero-order valence-corrected chi connectivity index (χ0v) is 16.0. The highest BCUT2D eigenvalue weighted by molar-refractivity contribution is 7.21.